The van der Waals surface area contributed by atoms with E-state index in [9.17, 15) is 14.7 Å². The normalized spacial score (nSPS) is 15.7. The number of nitrogens with zero attached hydrogens (tertiary/aromatic N) is 1. The van der Waals surface area contributed by atoms with Gasteiger partial charge in [-0.25, -0.2) is 0 Å². The number of methoxy groups -OCH3 is 1. The summed E-state index contributed by atoms with van der Waals surface area (Å²) in [7, 11) is 1.33. The van der Waals surface area contributed by atoms with E-state index in [1.165, 1.54) is 7.11 Å². The Morgan fingerprint density at radius 3 is 2.85 bits per heavy atom. The highest BCUT2D eigenvalue weighted by Crippen LogP contribution is 2.29. The molecule has 144 valence electrons. The van der Waals surface area contributed by atoms with Gasteiger partial charge in [0.25, 0.3) is 0 Å². The summed E-state index contributed by atoms with van der Waals surface area (Å²) < 4.78 is 4.87. The Morgan fingerprint density at radius 1 is 1.37 bits per heavy atom. The minimum absolute atomic E-state index is 0.229. The van der Waals surface area contributed by atoms with E-state index < -0.39 is 11.9 Å². The molecular weight excluding hydrogens is 344 g/mol. The molecule has 0 saturated carbocycles. The summed E-state index contributed by atoms with van der Waals surface area (Å²) in [5.41, 5.74) is 3.52. The minimum Gasteiger partial charge on any atom is -0.468 e. The molecule has 0 amide bonds. The summed E-state index contributed by atoms with van der Waals surface area (Å²) in [6.45, 7) is 3.13. The fraction of sp³-hybridized carbons (Fsp3) is 0.429. The van der Waals surface area contributed by atoms with E-state index in [2.05, 4.69) is 9.88 Å². The van der Waals surface area contributed by atoms with Crippen LogP contribution in [0.2, 0.25) is 0 Å². The minimum atomic E-state index is -0.734. The average molecular weight is 370 g/mol. The second-order valence-electron chi connectivity index (χ2n) is 6.79. The fourth-order valence-electron chi connectivity index (χ4n) is 3.70. The molecule has 0 fully saturated rings. The largest absolute Gasteiger partial charge is 0.468 e. The average Bonchev–Trinajstić information content (AvgIpc) is 3.06. The number of hydrogen-bond acceptors (Lipinski definition) is 5. The number of aromatic nitrogens is 1. The maximum absolute atomic E-state index is 12.1. The van der Waals surface area contributed by atoms with Crippen molar-refractivity contribution in [2.75, 3.05) is 26.8 Å². The van der Waals surface area contributed by atoms with E-state index in [4.69, 9.17) is 4.74 Å². The zero-order chi connectivity index (χ0) is 19.4. The number of aromatic amines is 1. The van der Waals surface area contributed by atoms with Crippen molar-refractivity contribution >= 4 is 22.7 Å². The van der Waals surface area contributed by atoms with E-state index in [0.717, 1.165) is 35.0 Å². The highest BCUT2D eigenvalue weighted by atomic mass is 16.5. The first-order chi connectivity index (χ1) is 13.1. The van der Waals surface area contributed by atoms with Crippen molar-refractivity contribution < 1.29 is 19.4 Å². The van der Waals surface area contributed by atoms with E-state index in [1.54, 1.807) is 0 Å². The van der Waals surface area contributed by atoms with Crippen molar-refractivity contribution in [3.63, 3.8) is 0 Å². The van der Waals surface area contributed by atoms with Crippen LogP contribution in [0.15, 0.2) is 36.0 Å². The third-order valence-corrected chi connectivity index (χ3v) is 5.22. The highest BCUT2D eigenvalue weighted by molar-refractivity contribution is 5.96. The van der Waals surface area contributed by atoms with Crippen molar-refractivity contribution in [2.45, 2.75) is 32.1 Å². The summed E-state index contributed by atoms with van der Waals surface area (Å²) in [6.07, 6.45) is 3.95. The maximum Gasteiger partial charge on any atom is 0.317 e. The first-order valence-corrected chi connectivity index (χ1v) is 9.35. The van der Waals surface area contributed by atoms with Crippen molar-refractivity contribution in [2.24, 2.45) is 0 Å². The predicted octanol–water partition coefficient (Wildman–Crippen LogP) is 2.53. The number of nitrogens with one attached hydrogen (secondary N) is 1. The number of Topliss-reactive ketones (excluding diaryl/α,β-unsaturated/α-hetero) is 1. The Bertz CT molecular complexity index is 868. The topological polar surface area (TPSA) is 82.6 Å². The van der Waals surface area contributed by atoms with Crippen LogP contribution in [-0.4, -0.2) is 53.5 Å². The summed E-state index contributed by atoms with van der Waals surface area (Å²) >= 11 is 0. The Morgan fingerprint density at radius 2 is 2.15 bits per heavy atom. The Kier molecular flexibility index (Phi) is 5.96. The SMILES string of the molecule is CCC1=CN(CCc2c(C(CO)C(=O)OC)[nH]c3ccccc23)CCC1=O. The molecule has 1 atom stereocenters. The van der Waals surface area contributed by atoms with Gasteiger partial charge >= 0.3 is 5.97 Å². The second kappa shape index (κ2) is 8.39. The van der Waals surface area contributed by atoms with Gasteiger partial charge in [0.1, 0.15) is 5.92 Å². The lowest BCUT2D eigenvalue weighted by Crippen LogP contribution is -2.29. The third kappa shape index (κ3) is 3.90. The number of fused-ring (bicyclic) bond motifs is 1. The Balaban J connectivity index is 1.91. The summed E-state index contributed by atoms with van der Waals surface area (Å²) in [4.78, 5) is 29.5. The lowest BCUT2D eigenvalue weighted by atomic mass is 9.98. The highest BCUT2D eigenvalue weighted by Gasteiger charge is 2.27. The van der Waals surface area contributed by atoms with Crippen LogP contribution in [0.3, 0.4) is 0 Å². The molecule has 27 heavy (non-hydrogen) atoms. The molecule has 1 aliphatic heterocycles. The molecule has 0 spiro atoms. The number of benzene rings is 1. The summed E-state index contributed by atoms with van der Waals surface area (Å²) in [5, 5.41) is 10.8. The number of carbonyl (C=O) groups is 2. The quantitative estimate of drug-likeness (QED) is 0.732. The zero-order valence-corrected chi connectivity index (χ0v) is 15.8. The van der Waals surface area contributed by atoms with E-state index >= 15 is 0 Å². The molecule has 3 rings (SSSR count). The number of ether oxygens (including phenoxy) is 1. The molecule has 2 heterocycles. The molecule has 0 bridgehead atoms. The first kappa shape index (κ1) is 19.2. The van der Waals surface area contributed by atoms with E-state index in [1.807, 2.05) is 37.4 Å². The summed E-state index contributed by atoms with van der Waals surface area (Å²) in [5.74, 6) is -0.961. The van der Waals surface area contributed by atoms with Crippen LogP contribution in [0.5, 0.6) is 0 Å². The van der Waals surface area contributed by atoms with E-state index in [0.29, 0.717) is 25.1 Å². The van der Waals surface area contributed by atoms with Gasteiger partial charge in [-0.1, -0.05) is 25.1 Å². The number of allylic oxidation sites excluding steroid dienone is 1. The Labute approximate surface area is 158 Å². The van der Waals surface area contributed by atoms with Crippen LogP contribution in [-0.2, 0) is 20.7 Å². The van der Waals surface area contributed by atoms with Gasteiger partial charge in [-0.2, -0.15) is 0 Å². The van der Waals surface area contributed by atoms with Gasteiger partial charge in [-0.15, -0.1) is 0 Å². The van der Waals surface area contributed by atoms with Gasteiger partial charge in [-0.05, 0) is 24.5 Å². The number of rotatable bonds is 7. The number of aliphatic hydroxyl groups is 1. The molecule has 1 unspecified atom stereocenters. The van der Waals surface area contributed by atoms with Crippen molar-refractivity contribution in [1.29, 1.82) is 0 Å². The maximum atomic E-state index is 12.1. The lowest BCUT2D eigenvalue weighted by Gasteiger charge is -2.26. The molecule has 6 heteroatoms. The van der Waals surface area contributed by atoms with Gasteiger partial charge < -0.3 is 19.7 Å². The van der Waals surface area contributed by atoms with Gasteiger partial charge in [0.15, 0.2) is 5.78 Å². The van der Waals surface area contributed by atoms with Crippen LogP contribution >= 0.6 is 0 Å². The van der Waals surface area contributed by atoms with Crippen LogP contribution < -0.4 is 0 Å². The van der Waals surface area contributed by atoms with Gasteiger partial charge in [0.2, 0.25) is 0 Å². The van der Waals surface area contributed by atoms with E-state index in [-0.39, 0.29) is 12.4 Å². The fourth-order valence-corrected chi connectivity index (χ4v) is 3.70. The monoisotopic (exact) mass is 370 g/mol. The number of H-pyrrole nitrogens is 1. The van der Waals surface area contributed by atoms with Crippen molar-refractivity contribution in [1.82, 2.24) is 9.88 Å². The molecule has 1 aromatic heterocycles. The summed E-state index contributed by atoms with van der Waals surface area (Å²) in [6, 6.07) is 7.88. The van der Waals surface area contributed by atoms with Gasteiger partial charge in [0, 0.05) is 47.9 Å². The molecule has 0 radical (unpaired) electrons. The van der Waals surface area contributed by atoms with Crippen molar-refractivity contribution in [3.8, 4) is 0 Å². The van der Waals surface area contributed by atoms with Crippen LogP contribution in [0.25, 0.3) is 10.9 Å². The molecule has 6 nitrogen and oxygen atoms in total. The van der Waals surface area contributed by atoms with Gasteiger partial charge in [0.05, 0.1) is 13.7 Å². The molecule has 1 aliphatic rings. The standard InChI is InChI=1S/C21H26N2O4/c1-3-14-12-23(11-9-19(14)25)10-8-16-15-6-4-5-7-18(15)22-20(16)17(13-24)21(26)27-2/h4-7,12,17,22,24H,3,8-11,13H2,1-2H3. The second-order valence-corrected chi connectivity index (χ2v) is 6.79. The molecular formula is C21H26N2O4. The number of hydrogen-bond donors (Lipinski definition) is 2. The first-order valence-electron chi connectivity index (χ1n) is 9.35. The molecule has 2 N–H and O–H groups in total. The van der Waals surface area contributed by atoms with Crippen LogP contribution in [0.1, 0.15) is 36.9 Å². The van der Waals surface area contributed by atoms with Crippen molar-refractivity contribution in [3.05, 3.63) is 47.3 Å². The number of aliphatic hydroxyl groups excluding tert-OH is 1. The predicted molar refractivity (Wildman–Crippen MR) is 103 cm³/mol. The third-order valence-electron chi connectivity index (χ3n) is 5.22. The molecule has 0 aliphatic carbocycles. The number of esters is 1. The smallest absolute Gasteiger partial charge is 0.317 e. The zero-order valence-electron chi connectivity index (χ0n) is 15.8. The number of ketones is 1. The lowest BCUT2D eigenvalue weighted by molar-refractivity contribution is -0.143. The number of para-hydroxylation sites is 1. The number of carbonyl (C=O) groups excluding carboxylic acids is 2. The molecule has 0 saturated heterocycles. The van der Waals surface area contributed by atoms with Gasteiger partial charge in [-0.3, -0.25) is 9.59 Å². The van der Waals surface area contributed by atoms with Crippen LogP contribution in [0, 0.1) is 0 Å². The van der Waals surface area contributed by atoms with Crippen LogP contribution in [0.4, 0.5) is 0 Å². The molecule has 1 aromatic carbocycles. The Hall–Kier alpha value is -2.60. The molecule has 2 aromatic rings.